The van der Waals surface area contributed by atoms with Crippen LogP contribution < -0.4 is 11.4 Å². The van der Waals surface area contributed by atoms with Gasteiger partial charge in [0, 0.05) is 12.0 Å². The summed E-state index contributed by atoms with van der Waals surface area (Å²) in [7, 11) is 0. The van der Waals surface area contributed by atoms with Gasteiger partial charge in [0.15, 0.2) is 0 Å². The number of hydrogen-bond donors (Lipinski definition) is 1. The average molecular weight is 289 g/mol. The molecule has 1 heterocycles. The van der Waals surface area contributed by atoms with E-state index in [2.05, 4.69) is 23.8 Å². The number of hydrogen-bond acceptors (Lipinski definition) is 2. The summed E-state index contributed by atoms with van der Waals surface area (Å²) in [4.78, 5) is 24.9. The Hall–Kier alpha value is -1.78. The molecule has 0 spiro atoms. The van der Waals surface area contributed by atoms with Gasteiger partial charge in [0.2, 0.25) is 0 Å². The SMILES string of the molecule is C=CC[C@H]1C=CC[C@@H]1n1[nH]c(=O)n(C2CCCCC2)c1=O. The fourth-order valence-corrected chi connectivity index (χ4v) is 3.71. The predicted octanol–water partition coefficient (Wildman–Crippen LogP) is 2.54. The van der Waals surface area contributed by atoms with E-state index < -0.39 is 0 Å². The molecule has 1 aromatic heterocycles. The lowest BCUT2D eigenvalue weighted by Crippen LogP contribution is -2.35. The van der Waals surface area contributed by atoms with Gasteiger partial charge in [0.25, 0.3) is 0 Å². The van der Waals surface area contributed by atoms with Crippen LogP contribution in [0.15, 0.2) is 34.4 Å². The number of aromatic nitrogens is 3. The zero-order valence-corrected chi connectivity index (χ0v) is 12.3. The Morgan fingerprint density at radius 2 is 2.05 bits per heavy atom. The minimum absolute atomic E-state index is 0.0213. The van der Waals surface area contributed by atoms with Crippen molar-refractivity contribution in [2.45, 2.75) is 57.0 Å². The van der Waals surface area contributed by atoms with Crippen molar-refractivity contribution in [3.05, 3.63) is 45.8 Å². The lowest BCUT2D eigenvalue weighted by molar-refractivity contribution is 0.328. The van der Waals surface area contributed by atoms with Crippen LogP contribution in [-0.4, -0.2) is 14.3 Å². The highest BCUT2D eigenvalue weighted by Crippen LogP contribution is 2.31. The van der Waals surface area contributed by atoms with Crippen LogP contribution >= 0.6 is 0 Å². The molecule has 21 heavy (non-hydrogen) atoms. The van der Waals surface area contributed by atoms with Crippen LogP contribution in [0.4, 0.5) is 0 Å². The zero-order valence-electron chi connectivity index (χ0n) is 12.3. The lowest BCUT2D eigenvalue weighted by Gasteiger charge is -2.21. The second-order valence-corrected chi connectivity index (χ2v) is 6.15. The van der Waals surface area contributed by atoms with Gasteiger partial charge in [-0.2, -0.15) is 0 Å². The molecule has 5 heteroatoms. The summed E-state index contributed by atoms with van der Waals surface area (Å²) in [6.45, 7) is 3.77. The summed E-state index contributed by atoms with van der Waals surface area (Å²) < 4.78 is 2.99. The first kappa shape index (κ1) is 14.2. The average Bonchev–Trinajstić information content (AvgIpc) is 3.05. The Bertz CT molecular complexity index is 643. The van der Waals surface area contributed by atoms with Gasteiger partial charge in [-0.05, 0) is 25.7 Å². The maximum atomic E-state index is 12.7. The molecule has 1 fully saturated rings. The third-order valence-corrected chi connectivity index (χ3v) is 4.81. The molecule has 0 saturated heterocycles. The van der Waals surface area contributed by atoms with Crippen LogP contribution in [0.3, 0.4) is 0 Å². The Kier molecular flexibility index (Phi) is 3.99. The Balaban J connectivity index is 1.92. The fourth-order valence-electron chi connectivity index (χ4n) is 3.71. The highest BCUT2D eigenvalue weighted by atomic mass is 16.2. The molecule has 0 aromatic carbocycles. The fraction of sp³-hybridized carbons (Fsp3) is 0.625. The summed E-state index contributed by atoms with van der Waals surface area (Å²) >= 11 is 0. The standard InChI is InChI=1S/C16H23N3O2/c1-2-7-12-8-6-11-14(12)19-16(21)18(15(20)17-19)13-9-4-3-5-10-13/h2,6,8,12-14H,1,3-5,7,9-11H2,(H,17,20)/t12-,14-/m0/s1. The topological polar surface area (TPSA) is 59.8 Å². The third kappa shape index (κ3) is 2.57. The van der Waals surface area contributed by atoms with Crippen molar-refractivity contribution in [3.8, 4) is 0 Å². The normalized spacial score (nSPS) is 26.3. The van der Waals surface area contributed by atoms with Crippen molar-refractivity contribution in [3.63, 3.8) is 0 Å². The Labute approximate surface area is 124 Å². The Morgan fingerprint density at radius 1 is 1.29 bits per heavy atom. The van der Waals surface area contributed by atoms with E-state index in [0.717, 1.165) is 38.5 Å². The number of allylic oxidation sites excluding steroid dienone is 3. The minimum atomic E-state index is -0.254. The first-order valence-corrected chi connectivity index (χ1v) is 7.93. The van der Waals surface area contributed by atoms with Gasteiger partial charge >= 0.3 is 11.4 Å². The molecule has 2 atom stereocenters. The smallest absolute Gasteiger partial charge is 0.246 e. The molecule has 2 aliphatic rings. The molecule has 0 bridgehead atoms. The summed E-state index contributed by atoms with van der Waals surface area (Å²) in [6, 6.07) is 0.0940. The third-order valence-electron chi connectivity index (χ3n) is 4.81. The Morgan fingerprint density at radius 3 is 2.76 bits per heavy atom. The van der Waals surface area contributed by atoms with Crippen LogP contribution in [0.25, 0.3) is 0 Å². The first-order valence-electron chi connectivity index (χ1n) is 7.93. The van der Waals surface area contributed by atoms with Gasteiger partial charge in [-0.1, -0.05) is 37.5 Å². The molecule has 114 valence electrons. The monoisotopic (exact) mass is 289 g/mol. The van der Waals surface area contributed by atoms with Gasteiger partial charge in [0.1, 0.15) is 0 Å². The van der Waals surface area contributed by atoms with Crippen LogP contribution in [0, 0.1) is 5.92 Å². The molecule has 1 saturated carbocycles. The van der Waals surface area contributed by atoms with E-state index in [1.54, 1.807) is 4.68 Å². The van der Waals surface area contributed by atoms with Crippen LogP contribution in [-0.2, 0) is 0 Å². The maximum Gasteiger partial charge on any atom is 0.347 e. The second-order valence-electron chi connectivity index (χ2n) is 6.15. The number of rotatable bonds is 4. The predicted molar refractivity (Wildman–Crippen MR) is 82.5 cm³/mol. The lowest BCUT2D eigenvalue weighted by atomic mass is 9.95. The molecule has 5 nitrogen and oxygen atoms in total. The molecular formula is C16H23N3O2. The van der Waals surface area contributed by atoms with Crippen LogP contribution in [0.5, 0.6) is 0 Å². The highest BCUT2D eigenvalue weighted by Gasteiger charge is 2.29. The molecule has 0 radical (unpaired) electrons. The number of aromatic amines is 1. The van der Waals surface area contributed by atoms with Crippen LogP contribution in [0.2, 0.25) is 0 Å². The van der Waals surface area contributed by atoms with E-state index in [9.17, 15) is 9.59 Å². The van der Waals surface area contributed by atoms with E-state index in [4.69, 9.17) is 0 Å². The van der Waals surface area contributed by atoms with Gasteiger partial charge in [-0.3, -0.25) is 0 Å². The van der Waals surface area contributed by atoms with Crippen molar-refractivity contribution in [2.24, 2.45) is 5.92 Å². The molecule has 1 N–H and O–H groups in total. The van der Waals surface area contributed by atoms with E-state index >= 15 is 0 Å². The van der Waals surface area contributed by atoms with Crippen LogP contribution in [0.1, 0.15) is 57.0 Å². The highest BCUT2D eigenvalue weighted by molar-refractivity contribution is 5.05. The number of nitrogens with one attached hydrogen (secondary N) is 1. The quantitative estimate of drug-likeness (QED) is 0.866. The van der Waals surface area contributed by atoms with Crippen molar-refractivity contribution < 1.29 is 0 Å². The van der Waals surface area contributed by atoms with E-state index in [1.807, 2.05) is 6.08 Å². The summed E-state index contributed by atoms with van der Waals surface area (Å²) in [5, 5.41) is 2.78. The van der Waals surface area contributed by atoms with Gasteiger partial charge in [0.05, 0.1) is 6.04 Å². The van der Waals surface area contributed by atoms with Crippen molar-refractivity contribution in [1.82, 2.24) is 14.3 Å². The van der Waals surface area contributed by atoms with Crippen molar-refractivity contribution in [2.75, 3.05) is 0 Å². The summed E-state index contributed by atoms with van der Waals surface area (Å²) in [6.07, 6.45) is 13.0. The van der Waals surface area contributed by atoms with Gasteiger partial charge in [-0.25, -0.2) is 23.9 Å². The second kappa shape index (κ2) is 5.92. The van der Waals surface area contributed by atoms with Gasteiger partial charge < -0.3 is 0 Å². The van der Waals surface area contributed by atoms with E-state index in [-0.39, 0.29) is 29.4 Å². The van der Waals surface area contributed by atoms with E-state index in [0.29, 0.717) is 0 Å². The summed E-state index contributed by atoms with van der Waals surface area (Å²) in [5.74, 6) is 0.248. The van der Waals surface area contributed by atoms with Gasteiger partial charge in [-0.15, -0.1) is 6.58 Å². The van der Waals surface area contributed by atoms with E-state index in [1.165, 1.54) is 11.0 Å². The van der Waals surface area contributed by atoms with Crippen molar-refractivity contribution in [1.29, 1.82) is 0 Å². The van der Waals surface area contributed by atoms with Crippen molar-refractivity contribution >= 4 is 0 Å². The molecule has 0 aliphatic heterocycles. The molecule has 0 unspecified atom stereocenters. The molecule has 3 rings (SSSR count). The number of nitrogens with zero attached hydrogens (tertiary/aromatic N) is 2. The molecule has 2 aliphatic carbocycles. The molecular weight excluding hydrogens is 266 g/mol. The minimum Gasteiger partial charge on any atom is -0.246 e. The molecule has 1 aromatic rings. The maximum absolute atomic E-state index is 12.7. The molecule has 0 amide bonds. The zero-order chi connectivity index (χ0) is 14.8. The summed E-state index contributed by atoms with van der Waals surface area (Å²) in [5.41, 5.74) is -0.425. The largest absolute Gasteiger partial charge is 0.347 e. The number of H-pyrrole nitrogens is 1. The first-order chi connectivity index (χ1) is 10.2.